The van der Waals surface area contributed by atoms with Crippen molar-refractivity contribution in [1.29, 1.82) is 0 Å². The van der Waals surface area contributed by atoms with E-state index in [0.29, 0.717) is 25.2 Å². The fraction of sp³-hybridized carbons (Fsp3) is 0.333. The Labute approximate surface area is 206 Å². The Bertz CT molecular complexity index is 1290. The summed E-state index contributed by atoms with van der Waals surface area (Å²) < 4.78 is 27.1. The summed E-state index contributed by atoms with van der Waals surface area (Å²) in [6.07, 6.45) is 3.56. The Hall–Kier alpha value is -3.23. The summed E-state index contributed by atoms with van der Waals surface area (Å²) in [5.41, 5.74) is 1.60. The van der Waals surface area contributed by atoms with Crippen molar-refractivity contribution in [2.24, 2.45) is 0 Å². The molecular weight excluding hydrogens is 462 g/mol. The molecule has 3 aromatic carbocycles. The van der Waals surface area contributed by atoms with Gasteiger partial charge in [-0.2, -0.15) is 4.31 Å². The number of amides is 2. The number of fused-ring (bicyclic) bond motifs is 1. The Balaban J connectivity index is 1.29. The third-order valence-corrected chi connectivity index (χ3v) is 8.29. The number of aryl methyl sites for hydroxylation is 1. The molecule has 0 saturated carbocycles. The first kappa shape index (κ1) is 24.9. The van der Waals surface area contributed by atoms with Crippen LogP contribution in [0.2, 0.25) is 0 Å². The first-order chi connectivity index (χ1) is 16.8. The van der Waals surface area contributed by atoms with E-state index in [4.69, 9.17) is 0 Å². The molecule has 1 fully saturated rings. The fourth-order valence-electron chi connectivity index (χ4n) is 4.35. The van der Waals surface area contributed by atoms with Crippen LogP contribution in [0, 0.1) is 0 Å². The van der Waals surface area contributed by atoms with Gasteiger partial charge < -0.3 is 10.2 Å². The molecule has 184 valence electrons. The highest BCUT2D eigenvalue weighted by atomic mass is 32.2. The number of sulfonamides is 1. The highest BCUT2D eigenvalue weighted by molar-refractivity contribution is 7.89. The number of rotatable bonds is 8. The minimum absolute atomic E-state index is 0.0466. The summed E-state index contributed by atoms with van der Waals surface area (Å²) in [5.74, 6) is -0.410. The van der Waals surface area contributed by atoms with Gasteiger partial charge in [0.2, 0.25) is 21.8 Å². The molecule has 1 aliphatic heterocycles. The van der Waals surface area contributed by atoms with Crippen molar-refractivity contribution in [2.45, 2.75) is 37.0 Å². The quantitative estimate of drug-likeness (QED) is 0.513. The molecule has 1 N–H and O–H groups in total. The molecule has 4 rings (SSSR count). The lowest BCUT2D eigenvalue weighted by atomic mass is 10.1. The summed E-state index contributed by atoms with van der Waals surface area (Å²) >= 11 is 0. The maximum absolute atomic E-state index is 12.8. The van der Waals surface area contributed by atoms with Crippen molar-refractivity contribution < 1.29 is 18.0 Å². The topological polar surface area (TPSA) is 86.8 Å². The van der Waals surface area contributed by atoms with E-state index in [1.807, 2.05) is 42.5 Å². The maximum atomic E-state index is 12.8. The molecule has 1 saturated heterocycles. The summed E-state index contributed by atoms with van der Waals surface area (Å²) in [5, 5.41) is 4.88. The zero-order valence-electron chi connectivity index (χ0n) is 19.9. The standard InChI is InChI=1S/C27H31N3O4S/c1-29(20-26(31)28-25-11-7-9-22-8-3-4-10-24(22)25)27(32)17-14-21-12-15-23(16-13-21)35(33,34)30-18-5-2-6-19-30/h3-4,7-13,15-16H,2,5-6,14,17-20H2,1H3,(H,28,31). The van der Waals surface area contributed by atoms with Crippen molar-refractivity contribution in [3.63, 3.8) is 0 Å². The van der Waals surface area contributed by atoms with E-state index in [1.54, 1.807) is 35.6 Å². The Morgan fingerprint density at radius 1 is 0.914 bits per heavy atom. The molecule has 8 heteroatoms. The summed E-state index contributed by atoms with van der Waals surface area (Å²) in [4.78, 5) is 26.8. The Morgan fingerprint density at radius 2 is 1.60 bits per heavy atom. The second kappa shape index (κ2) is 11.0. The SMILES string of the molecule is CN(CC(=O)Nc1cccc2ccccc12)C(=O)CCc1ccc(S(=O)(=O)N2CCCCC2)cc1. The van der Waals surface area contributed by atoms with Crippen LogP contribution >= 0.6 is 0 Å². The van der Waals surface area contributed by atoms with Crippen molar-refractivity contribution in [1.82, 2.24) is 9.21 Å². The molecule has 35 heavy (non-hydrogen) atoms. The third-order valence-electron chi connectivity index (χ3n) is 6.37. The van der Waals surface area contributed by atoms with Crippen molar-refractivity contribution >= 4 is 38.3 Å². The van der Waals surface area contributed by atoms with E-state index >= 15 is 0 Å². The minimum atomic E-state index is -3.46. The summed E-state index contributed by atoms with van der Waals surface area (Å²) in [7, 11) is -1.85. The predicted octanol–water partition coefficient (Wildman–Crippen LogP) is 4.04. The fourth-order valence-corrected chi connectivity index (χ4v) is 5.87. The minimum Gasteiger partial charge on any atom is -0.336 e. The normalized spacial score (nSPS) is 14.5. The number of benzene rings is 3. The van der Waals surface area contributed by atoms with Crippen LogP contribution in [0.15, 0.2) is 71.6 Å². The zero-order valence-corrected chi connectivity index (χ0v) is 20.8. The molecule has 1 heterocycles. The van der Waals surface area contributed by atoms with Gasteiger partial charge in [0, 0.05) is 37.6 Å². The van der Waals surface area contributed by atoms with Crippen LogP contribution in [0.3, 0.4) is 0 Å². The number of hydrogen-bond acceptors (Lipinski definition) is 4. The van der Waals surface area contributed by atoms with Gasteiger partial charge in [0.25, 0.3) is 0 Å². The number of carbonyl (C=O) groups is 2. The number of likely N-dealkylation sites (N-methyl/N-ethyl adjacent to an activating group) is 1. The molecule has 0 aliphatic carbocycles. The molecule has 7 nitrogen and oxygen atoms in total. The van der Waals surface area contributed by atoms with Crippen LogP contribution in [0.1, 0.15) is 31.2 Å². The first-order valence-electron chi connectivity index (χ1n) is 12.0. The van der Waals surface area contributed by atoms with Gasteiger partial charge in [-0.05, 0) is 48.4 Å². The van der Waals surface area contributed by atoms with E-state index < -0.39 is 10.0 Å². The van der Waals surface area contributed by atoms with Crippen LogP contribution < -0.4 is 5.32 Å². The first-order valence-corrected chi connectivity index (χ1v) is 13.4. The summed E-state index contributed by atoms with van der Waals surface area (Å²) in [6, 6.07) is 20.3. The second-order valence-corrected chi connectivity index (χ2v) is 10.9. The molecule has 0 radical (unpaired) electrons. The zero-order chi connectivity index (χ0) is 24.8. The van der Waals surface area contributed by atoms with Crippen LogP contribution in [-0.4, -0.2) is 56.1 Å². The lowest BCUT2D eigenvalue weighted by molar-refractivity contribution is -0.133. The van der Waals surface area contributed by atoms with Crippen LogP contribution in [-0.2, 0) is 26.0 Å². The number of hydrogen-bond donors (Lipinski definition) is 1. The van der Waals surface area contributed by atoms with Crippen LogP contribution in [0.5, 0.6) is 0 Å². The van der Waals surface area contributed by atoms with E-state index in [9.17, 15) is 18.0 Å². The average molecular weight is 494 g/mol. The number of nitrogens with zero attached hydrogens (tertiary/aromatic N) is 2. The number of anilines is 1. The van der Waals surface area contributed by atoms with Crippen molar-refractivity contribution in [3.8, 4) is 0 Å². The van der Waals surface area contributed by atoms with Crippen LogP contribution in [0.25, 0.3) is 10.8 Å². The van der Waals surface area contributed by atoms with Gasteiger partial charge in [0.15, 0.2) is 0 Å². The maximum Gasteiger partial charge on any atom is 0.243 e. The molecule has 2 amide bonds. The lowest BCUT2D eigenvalue weighted by Gasteiger charge is -2.25. The molecule has 1 aliphatic rings. The smallest absolute Gasteiger partial charge is 0.243 e. The highest BCUT2D eigenvalue weighted by Crippen LogP contribution is 2.23. The predicted molar refractivity (Wildman–Crippen MR) is 138 cm³/mol. The van der Waals surface area contributed by atoms with E-state index in [0.717, 1.165) is 35.6 Å². The van der Waals surface area contributed by atoms with Gasteiger partial charge in [-0.1, -0.05) is 55.0 Å². The third kappa shape index (κ3) is 6.07. The Morgan fingerprint density at radius 3 is 2.34 bits per heavy atom. The van der Waals surface area contributed by atoms with Crippen molar-refractivity contribution in [3.05, 3.63) is 72.3 Å². The Kier molecular flexibility index (Phi) is 7.83. The van der Waals surface area contributed by atoms with Gasteiger partial charge in [-0.15, -0.1) is 0 Å². The lowest BCUT2D eigenvalue weighted by Crippen LogP contribution is -2.35. The van der Waals surface area contributed by atoms with Crippen molar-refractivity contribution in [2.75, 3.05) is 32.0 Å². The molecular formula is C27H31N3O4S. The molecule has 0 spiro atoms. The molecule has 3 aromatic rings. The van der Waals surface area contributed by atoms with Gasteiger partial charge in [-0.3, -0.25) is 9.59 Å². The average Bonchev–Trinajstić information content (AvgIpc) is 2.88. The number of carbonyl (C=O) groups excluding carboxylic acids is 2. The van der Waals surface area contributed by atoms with Gasteiger partial charge >= 0.3 is 0 Å². The molecule has 0 bridgehead atoms. The van der Waals surface area contributed by atoms with Crippen LogP contribution in [0.4, 0.5) is 5.69 Å². The molecule has 0 unspecified atom stereocenters. The van der Waals surface area contributed by atoms with E-state index in [1.165, 1.54) is 4.90 Å². The molecule has 0 atom stereocenters. The monoisotopic (exact) mass is 493 g/mol. The number of piperidine rings is 1. The summed E-state index contributed by atoms with van der Waals surface area (Å²) in [6.45, 7) is 1.09. The van der Waals surface area contributed by atoms with Gasteiger partial charge in [0.1, 0.15) is 0 Å². The molecule has 0 aromatic heterocycles. The second-order valence-electron chi connectivity index (χ2n) is 8.93. The van der Waals surface area contributed by atoms with Gasteiger partial charge in [-0.25, -0.2) is 8.42 Å². The highest BCUT2D eigenvalue weighted by Gasteiger charge is 2.25. The number of nitrogens with one attached hydrogen (secondary N) is 1. The van der Waals surface area contributed by atoms with E-state index in [2.05, 4.69) is 5.32 Å². The van der Waals surface area contributed by atoms with Gasteiger partial charge in [0.05, 0.1) is 11.4 Å². The van der Waals surface area contributed by atoms with E-state index in [-0.39, 0.29) is 29.7 Å². The largest absolute Gasteiger partial charge is 0.336 e.